The lowest BCUT2D eigenvalue weighted by molar-refractivity contribution is 0.0735. The summed E-state index contributed by atoms with van der Waals surface area (Å²) in [5.74, 6) is -0.0175. The number of carbonyl (C=O) groups excluding carboxylic acids is 1. The lowest BCUT2D eigenvalue weighted by Crippen LogP contribution is -2.08. The van der Waals surface area contributed by atoms with Crippen LogP contribution in [0.1, 0.15) is 15.9 Å². The smallest absolute Gasteiger partial charge is 0.343 e. The molecule has 1 heterocycles. The summed E-state index contributed by atoms with van der Waals surface area (Å²) in [4.78, 5) is 16.7. The van der Waals surface area contributed by atoms with E-state index in [2.05, 4.69) is 15.5 Å². The molecule has 0 radical (unpaired) electrons. The highest BCUT2D eigenvalue weighted by Crippen LogP contribution is 2.24. The summed E-state index contributed by atoms with van der Waals surface area (Å²) in [5.41, 5.74) is 6.16. The van der Waals surface area contributed by atoms with Crippen LogP contribution in [-0.2, 0) is 0 Å². The quantitative estimate of drug-likeness (QED) is 0.172. The van der Waals surface area contributed by atoms with E-state index in [0.29, 0.717) is 21.5 Å². The zero-order valence-corrected chi connectivity index (χ0v) is 17.2. The van der Waals surface area contributed by atoms with E-state index in [9.17, 15) is 4.79 Å². The van der Waals surface area contributed by atoms with Gasteiger partial charge in [0.25, 0.3) is 0 Å². The molecule has 0 atom stereocenters. The number of ether oxygens (including phenoxy) is 1. The first kappa shape index (κ1) is 19.8. The molecule has 0 aliphatic heterocycles. The first-order valence-corrected chi connectivity index (χ1v) is 10.3. The van der Waals surface area contributed by atoms with E-state index < -0.39 is 5.97 Å². The average Bonchev–Trinajstić information content (AvgIpc) is 3.24. The highest BCUT2D eigenvalue weighted by Gasteiger charge is 2.09. The van der Waals surface area contributed by atoms with Crippen LogP contribution in [0.15, 0.2) is 89.3 Å². The van der Waals surface area contributed by atoms with Crippen molar-refractivity contribution in [3.8, 4) is 17.0 Å². The second kappa shape index (κ2) is 9.35. The van der Waals surface area contributed by atoms with Crippen molar-refractivity contribution in [1.82, 2.24) is 4.98 Å². The Kier molecular flexibility index (Phi) is 6.17. The van der Waals surface area contributed by atoms with Crippen LogP contribution >= 0.6 is 22.9 Å². The fraction of sp³-hybridized carbons (Fsp3) is 0. The molecule has 0 saturated carbocycles. The van der Waals surface area contributed by atoms with E-state index in [-0.39, 0.29) is 0 Å². The summed E-state index contributed by atoms with van der Waals surface area (Å²) in [6.45, 7) is 0. The van der Waals surface area contributed by atoms with E-state index in [1.54, 1.807) is 42.6 Å². The summed E-state index contributed by atoms with van der Waals surface area (Å²) in [7, 11) is 0. The van der Waals surface area contributed by atoms with Gasteiger partial charge in [-0.25, -0.2) is 9.78 Å². The van der Waals surface area contributed by atoms with Crippen LogP contribution in [0.2, 0.25) is 5.02 Å². The second-order valence-electron chi connectivity index (χ2n) is 6.24. The normalized spacial score (nSPS) is 10.8. The van der Waals surface area contributed by atoms with Gasteiger partial charge in [0.2, 0.25) is 5.13 Å². The molecule has 5 nitrogen and oxygen atoms in total. The zero-order chi connectivity index (χ0) is 20.8. The SMILES string of the molecule is O=C(Oc1ccc(/C=N\Nc2nc(-c3ccccc3)cs2)cc1)c1cccc(Cl)c1. The Balaban J connectivity index is 1.34. The van der Waals surface area contributed by atoms with Crippen molar-refractivity contribution in [2.24, 2.45) is 5.10 Å². The number of esters is 1. The maximum Gasteiger partial charge on any atom is 0.343 e. The van der Waals surface area contributed by atoms with Crippen molar-refractivity contribution in [2.45, 2.75) is 0 Å². The van der Waals surface area contributed by atoms with Gasteiger partial charge in [-0.3, -0.25) is 5.43 Å². The Morgan fingerprint density at radius 1 is 1.03 bits per heavy atom. The molecular formula is C23H16ClN3O2S. The van der Waals surface area contributed by atoms with E-state index >= 15 is 0 Å². The van der Waals surface area contributed by atoms with Crippen LogP contribution in [0.5, 0.6) is 5.75 Å². The molecule has 148 valence electrons. The van der Waals surface area contributed by atoms with Gasteiger partial charge in [0, 0.05) is 16.0 Å². The van der Waals surface area contributed by atoms with Gasteiger partial charge in [0.1, 0.15) is 5.75 Å². The molecule has 0 aliphatic rings. The summed E-state index contributed by atoms with van der Waals surface area (Å²) in [6, 6.07) is 23.6. The van der Waals surface area contributed by atoms with E-state index in [4.69, 9.17) is 16.3 Å². The number of carbonyl (C=O) groups is 1. The van der Waals surface area contributed by atoms with Gasteiger partial charge in [0.05, 0.1) is 17.5 Å². The van der Waals surface area contributed by atoms with E-state index in [0.717, 1.165) is 16.8 Å². The molecule has 1 aromatic heterocycles. The number of thiazole rings is 1. The van der Waals surface area contributed by atoms with Crippen molar-refractivity contribution < 1.29 is 9.53 Å². The molecule has 0 fully saturated rings. The minimum absolute atomic E-state index is 0.399. The molecule has 0 bridgehead atoms. The number of anilines is 1. The number of halogens is 1. The fourth-order valence-corrected chi connectivity index (χ4v) is 3.49. The molecule has 3 aromatic carbocycles. The molecule has 7 heteroatoms. The summed E-state index contributed by atoms with van der Waals surface area (Å²) in [6.07, 6.45) is 1.67. The summed E-state index contributed by atoms with van der Waals surface area (Å²) in [5, 5.41) is 7.39. The lowest BCUT2D eigenvalue weighted by Gasteiger charge is -2.05. The monoisotopic (exact) mass is 433 g/mol. The van der Waals surface area contributed by atoms with Crippen molar-refractivity contribution in [3.63, 3.8) is 0 Å². The maximum atomic E-state index is 12.2. The summed E-state index contributed by atoms with van der Waals surface area (Å²) < 4.78 is 5.36. The topological polar surface area (TPSA) is 63.6 Å². The van der Waals surface area contributed by atoms with Crippen molar-refractivity contribution in [3.05, 3.63) is 100 Å². The van der Waals surface area contributed by atoms with E-state index in [1.807, 2.05) is 47.8 Å². The average molecular weight is 434 g/mol. The molecule has 0 saturated heterocycles. The number of benzene rings is 3. The Hall–Kier alpha value is -3.48. The van der Waals surface area contributed by atoms with Gasteiger partial charge in [-0.15, -0.1) is 11.3 Å². The standard InChI is InChI=1S/C23H16ClN3O2S/c24-19-8-4-7-18(13-19)22(28)29-20-11-9-16(10-12-20)14-25-27-23-26-21(15-30-23)17-5-2-1-3-6-17/h1-15H,(H,26,27)/b25-14-. The third-order valence-electron chi connectivity index (χ3n) is 4.10. The number of nitrogens with one attached hydrogen (secondary N) is 1. The Morgan fingerprint density at radius 3 is 2.60 bits per heavy atom. The number of hydrogen-bond donors (Lipinski definition) is 1. The van der Waals surface area contributed by atoms with Crippen LogP contribution in [0.4, 0.5) is 5.13 Å². The zero-order valence-electron chi connectivity index (χ0n) is 15.7. The Labute approximate surface area is 182 Å². The predicted octanol–water partition coefficient (Wildman–Crippen LogP) is 6.13. The molecule has 30 heavy (non-hydrogen) atoms. The van der Waals surface area contributed by atoms with Crippen molar-refractivity contribution >= 4 is 40.3 Å². The number of nitrogens with zero attached hydrogens (tertiary/aromatic N) is 2. The Morgan fingerprint density at radius 2 is 1.83 bits per heavy atom. The van der Waals surface area contributed by atoms with Crippen molar-refractivity contribution in [2.75, 3.05) is 5.43 Å². The first-order chi connectivity index (χ1) is 14.7. The van der Waals surface area contributed by atoms with Crippen LogP contribution in [0.3, 0.4) is 0 Å². The molecule has 0 unspecified atom stereocenters. The minimum atomic E-state index is -0.460. The molecule has 0 aliphatic carbocycles. The van der Waals surface area contributed by atoms with Crippen molar-refractivity contribution in [1.29, 1.82) is 0 Å². The number of aromatic nitrogens is 1. The largest absolute Gasteiger partial charge is 0.423 e. The number of hydrogen-bond acceptors (Lipinski definition) is 6. The third kappa shape index (κ3) is 5.11. The molecule has 4 aromatic rings. The van der Waals surface area contributed by atoms with Gasteiger partial charge in [-0.1, -0.05) is 48.0 Å². The highest BCUT2D eigenvalue weighted by atomic mass is 35.5. The van der Waals surface area contributed by atoms with Gasteiger partial charge < -0.3 is 4.74 Å². The Bertz CT molecular complexity index is 1170. The van der Waals surface area contributed by atoms with Crippen LogP contribution in [0.25, 0.3) is 11.3 Å². The third-order valence-corrected chi connectivity index (χ3v) is 5.08. The highest BCUT2D eigenvalue weighted by molar-refractivity contribution is 7.14. The molecule has 1 N–H and O–H groups in total. The molecule has 0 amide bonds. The van der Waals surface area contributed by atoms with Crippen LogP contribution < -0.4 is 10.2 Å². The van der Waals surface area contributed by atoms with E-state index in [1.165, 1.54) is 11.3 Å². The number of hydrazone groups is 1. The number of rotatable bonds is 6. The first-order valence-electron chi connectivity index (χ1n) is 9.05. The summed E-state index contributed by atoms with van der Waals surface area (Å²) >= 11 is 7.39. The van der Waals surface area contributed by atoms with Gasteiger partial charge in [-0.2, -0.15) is 5.10 Å². The fourth-order valence-electron chi connectivity index (χ4n) is 2.63. The minimum Gasteiger partial charge on any atom is -0.423 e. The maximum absolute atomic E-state index is 12.2. The second-order valence-corrected chi connectivity index (χ2v) is 7.54. The molecular weight excluding hydrogens is 418 g/mol. The van der Waals surface area contributed by atoms with Crippen LogP contribution in [-0.4, -0.2) is 17.2 Å². The van der Waals surface area contributed by atoms with Gasteiger partial charge in [-0.05, 0) is 48.0 Å². The predicted molar refractivity (Wildman–Crippen MR) is 122 cm³/mol. The lowest BCUT2D eigenvalue weighted by atomic mass is 10.2. The molecule has 4 rings (SSSR count). The van der Waals surface area contributed by atoms with Gasteiger partial charge in [0.15, 0.2) is 0 Å². The van der Waals surface area contributed by atoms with Crippen LogP contribution in [0, 0.1) is 0 Å². The molecule has 0 spiro atoms. The van der Waals surface area contributed by atoms with Gasteiger partial charge >= 0.3 is 5.97 Å².